The monoisotopic (exact) mass is 364 g/mol. The number of hydrogen-bond donors (Lipinski definition) is 3. The topological polar surface area (TPSA) is 86.9 Å². The van der Waals surface area contributed by atoms with E-state index in [1.165, 1.54) is 0 Å². The average Bonchev–Trinajstić information content (AvgIpc) is 3.10. The summed E-state index contributed by atoms with van der Waals surface area (Å²) < 4.78 is 0. The van der Waals surface area contributed by atoms with Gasteiger partial charge < -0.3 is 15.6 Å². The van der Waals surface area contributed by atoms with Crippen LogP contribution in [0.3, 0.4) is 0 Å². The Morgan fingerprint density at radius 1 is 1.04 bits per heavy atom. The van der Waals surface area contributed by atoms with Crippen molar-refractivity contribution < 1.29 is 9.59 Å². The first kappa shape index (κ1) is 18.6. The summed E-state index contributed by atoms with van der Waals surface area (Å²) in [6.45, 7) is 4.11. The summed E-state index contributed by atoms with van der Waals surface area (Å²) in [5.74, 6) is -0.585. The number of hydrogen-bond acceptors (Lipinski definition) is 3. The lowest BCUT2D eigenvalue weighted by Crippen LogP contribution is -2.48. The molecule has 3 rings (SSSR count). The first-order chi connectivity index (χ1) is 13.0. The van der Waals surface area contributed by atoms with Gasteiger partial charge >= 0.3 is 0 Å². The van der Waals surface area contributed by atoms with E-state index in [2.05, 4.69) is 26.7 Å². The van der Waals surface area contributed by atoms with Gasteiger partial charge in [0.25, 0.3) is 0 Å². The molecule has 0 aliphatic carbocycles. The maximum Gasteiger partial charge on any atom is 0.235 e. The van der Waals surface area contributed by atoms with E-state index in [-0.39, 0.29) is 11.8 Å². The highest BCUT2D eigenvalue weighted by atomic mass is 16.2. The summed E-state index contributed by atoms with van der Waals surface area (Å²) in [4.78, 5) is 32.1. The fraction of sp³-hybridized carbons (Fsp3) is 0.286. The van der Waals surface area contributed by atoms with E-state index in [0.29, 0.717) is 19.5 Å². The lowest BCUT2D eigenvalue weighted by atomic mass is 9.91. The van der Waals surface area contributed by atoms with Gasteiger partial charge in [0, 0.05) is 42.6 Å². The molecule has 2 aromatic heterocycles. The van der Waals surface area contributed by atoms with E-state index < -0.39 is 5.41 Å². The van der Waals surface area contributed by atoms with Gasteiger partial charge in [-0.15, -0.1) is 0 Å². The number of aromatic nitrogens is 2. The lowest BCUT2D eigenvalue weighted by Gasteiger charge is -2.22. The molecule has 3 N–H and O–H groups in total. The maximum absolute atomic E-state index is 12.5. The number of fused-ring (bicyclic) bond motifs is 1. The van der Waals surface area contributed by atoms with Crippen LogP contribution in [-0.4, -0.2) is 28.3 Å². The second-order valence-electron chi connectivity index (χ2n) is 7.03. The summed E-state index contributed by atoms with van der Waals surface area (Å²) in [5, 5.41) is 6.85. The van der Waals surface area contributed by atoms with Gasteiger partial charge in [0.05, 0.1) is 0 Å². The minimum atomic E-state index is -1.15. The minimum absolute atomic E-state index is 0.283. The third-order valence-electron chi connectivity index (χ3n) is 4.69. The molecule has 0 unspecified atom stereocenters. The van der Waals surface area contributed by atoms with Crippen LogP contribution in [-0.2, 0) is 22.6 Å². The highest BCUT2D eigenvalue weighted by Crippen LogP contribution is 2.19. The van der Waals surface area contributed by atoms with Crippen LogP contribution in [0.1, 0.15) is 25.0 Å². The van der Waals surface area contributed by atoms with Gasteiger partial charge in [0.15, 0.2) is 0 Å². The lowest BCUT2D eigenvalue weighted by molar-refractivity contribution is -0.141. The van der Waals surface area contributed by atoms with Gasteiger partial charge in [0.2, 0.25) is 11.8 Å². The highest BCUT2D eigenvalue weighted by Gasteiger charge is 2.35. The molecule has 0 atom stereocenters. The number of nitrogens with one attached hydrogen (secondary N) is 3. The Bertz CT molecular complexity index is 932. The SMILES string of the molecule is CC(C)(C(=O)NCCc1c[nH]c2ccccc12)C(=O)NCc1ccncc1. The molecule has 0 saturated heterocycles. The molecule has 0 fully saturated rings. The molecule has 0 spiro atoms. The van der Waals surface area contributed by atoms with Crippen molar-refractivity contribution in [3.8, 4) is 0 Å². The van der Waals surface area contributed by atoms with E-state index in [0.717, 1.165) is 22.0 Å². The molecule has 0 aliphatic heterocycles. The van der Waals surface area contributed by atoms with E-state index in [4.69, 9.17) is 0 Å². The Hall–Kier alpha value is -3.15. The van der Waals surface area contributed by atoms with Crippen LogP contribution in [0.2, 0.25) is 0 Å². The molecule has 6 nitrogen and oxygen atoms in total. The molecule has 3 aromatic rings. The predicted octanol–water partition coefficient (Wildman–Crippen LogP) is 2.56. The van der Waals surface area contributed by atoms with Gasteiger partial charge in [-0.2, -0.15) is 0 Å². The van der Waals surface area contributed by atoms with Crippen molar-refractivity contribution in [2.24, 2.45) is 5.41 Å². The summed E-state index contributed by atoms with van der Waals surface area (Å²) >= 11 is 0. The average molecular weight is 364 g/mol. The molecule has 140 valence electrons. The Balaban J connectivity index is 1.52. The van der Waals surface area contributed by atoms with Gasteiger partial charge in [-0.3, -0.25) is 14.6 Å². The Morgan fingerprint density at radius 3 is 2.52 bits per heavy atom. The third-order valence-corrected chi connectivity index (χ3v) is 4.69. The van der Waals surface area contributed by atoms with Crippen molar-refractivity contribution in [3.05, 3.63) is 66.1 Å². The van der Waals surface area contributed by atoms with Gasteiger partial charge in [-0.05, 0) is 49.6 Å². The van der Waals surface area contributed by atoms with E-state index in [1.54, 1.807) is 26.2 Å². The summed E-state index contributed by atoms with van der Waals surface area (Å²) in [6.07, 6.45) is 6.00. The zero-order chi connectivity index (χ0) is 19.3. The normalized spacial score (nSPS) is 11.3. The van der Waals surface area contributed by atoms with Crippen LogP contribution in [0.25, 0.3) is 10.9 Å². The molecular formula is C21H24N4O2. The van der Waals surface area contributed by atoms with Crippen LogP contribution < -0.4 is 10.6 Å². The van der Waals surface area contributed by atoms with E-state index >= 15 is 0 Å². The summed E-state index contributed by atoms with van der Waals surface area (Å²) in [6, 6.07) is 11.7. The van der Waals surface area contributed by atoms with Crippen molar-refractivity contribution in [3.63, 3.8) is 0 Å². The molecule has 0 aliphatic rings. The van der Waals surface area contributed by atoms with E-state index in [1.807, 2.05) is 36.5 Å². The van der Waals surface area contributed by atoms with Crippen molar-refractivity contribution >= 4 is 22.7 Å². The van der Waals surface area contributed by atoms with Crippen LogP contribution in [0, 0.1) is 5.41 Å². The quantitative estimate of drug-likeness (QED) is 0.563. The molecule has 0 radical (unpaired) electrons. The summed E-state index contributed by atoms with van der Waals surface area (Å²) in [7, 11) is 0. The number of carbonyl (C=O) groups is 2. The zero-order valence-electron chi connectivity index (χ0n) is 15.6. The second-order valence-corrected chi connectivity index (χ2v) is 7.03. The first-order valence-corrected chi connectivity index (χ1v) is 8.99. The molecule has 6 heteroatoms. The molecule has 1 aromatic carbocycles. The minimum Gasteiger partial charge on any atom is -0.361 e. The molecular weight excluding hydrogens is 340 g/mol. The number of H-pyrrole nitrogens is 1. The number of benzene rings is 1. The first-order valence-electron chi connectivity index (χ1n) is 8.99. The Morgan fingerprint density at radius 2 is 1.74 bits per heavy atom. The maximum atomic E-state index is 12.5. The van der Waals surface area contributed by atoms with Gasteiger partial charge in [-0.1, -0.05) is 18.2 Å². The number of pyridine rings is 1. The van der Waals surface area contributed by atoms with Crippen LogP contribution in [0.5, 0.6) is 0 Å². The molecule has 0 bridgehead atoms. The fourth-order valence-electron chi connectivity index (χ4n) is 2.88. The van der Waals surface area contributed by atoms with Crippen LogP contribution in [0.4, 0.5) is 0 Å². The molecule has 2 heterocycles. The van der Waals surface area contributed by atoms with Crippen molar-refractivity contribution in [1.29, 1.82) is 0 Å². The fourth-order valence-corrected chi connectivity index (χ4v) is 2.88. The summed E-state index contributed by atoms with van der Waals surface area (Å²) in [5.41, 5.74) is 2.02. The Labute approximate surface area is 158 Å². The number of aromatic amines is 1. The van der Waals surface area contributed by atoms with Crippen molar-refractivity contribution in [2.45, 2.75) is 26.8 Å². The number of carbonyl (C=O) groups excluding carboxylic acids is 2. The van der Waals surface area contributed by atoms with Crippen LogP contribution >= 0.6 is 0 Å². The molecule has 2 amide bonds. The number of para-hydroxylation sites is 1. The van der Waals surface area contributed by atoms with Crippen molar-refractivity contribution in [2.75, 3.05) is 6.54 Å². The standard InChI is InChI=1S/C21H24N4O2/c1-21(2,20(27)25-13-15-7-10-22-11-8-15)19(26)23-12-9-16-14-24-18-6-4-3-5-17(16)18/h3-8,10-11,14,24H,9,12-13H2,1-2H3,(H,23,26)(H,25,27). The number of amides is 2. The van der Waals surface area contributed by atoms with E-state index in [9.17, 15) is 9.59 Å². The van der Waals surface area contributed by atoms with Gasteiger partial charge in [0.1, 0.15) is 5.41 Å². The second kappa shape index (κ2) is 8.03. The third kappa shape index (κ3) is 4.34. The van der Waals surface area contributed by atoms with Gasteiger partial charge in [-0.25, -0.2) is 0 Å². The molecule has 27 heavy (non-hydrogen) atoms. The number of rotatable bonds is 7. The highest BCUT2D eigenvalue weighted by molar-refractivity contribution is 6.04. The zero-order valence-corrected chi connectivity index (χ0v) is 15.6. The molecule has 0 saturated carbocycles. The number of nitrogens with zero attached hydrogens (tertiary/aromatic N) is 1. The van der Waals surface area contributed by atoms with Crippen molar-refractivity contribution in [1.82, 2.24) is 20.6 Å². The predicted molar refractivity (Wildman–Crippen MR) is 105 cm³/mol. The largest absolute Gasteiger partial charge is 0.361 e. The Kier molecular flexibility index (Phi) is 5.54. The van der Waals surface area contributed by atoms with Crippen LogP contribution in [0.15, 0.2) is 55.0 Å². The smallest absolute Gasteiger partial charge is 0.235 e.